The number of nitrogens with zero attached hydrogens (tertiary/aromatic N) is 2. The van der Waals surface area contributed by atoms with Crippen LogP contribution in [0.4, 0.5) is 0 Å². The summed E-state index contributed by atoms with van der Waals surface area (Å²) in [7, 11) is 1.62. The Balaban J connectivity index is 1.37. The highest BCUT2D eigenvalue weighted by atomic mass is 16.5. The number of aliphatic hydroxyl groups is 1. The maximum Gasteiger partial charge on any atom is 0.194 e. The fourth-order valence-corrected chi connectivity index (χ4v) is 4.16. The SMILES string of the molecule is COc1ccccc1COC[C@@H](O)Cn1nc2c3c(cccc31)C(=O)c1ccccc1-2. The average Bonchev–Trinajstić information content (AvgIpc) is 3.17. The van der Waals surface area contributed by atoms with E-state index < -0.39 is 6.10 Å². The predicted molar refractivity (Wildman–Crippen MR) is 117 cm³/mol. The number of ether oxygens (including phenoxy) is 2. The van der Waals surface area contributed by atoms with Crippen LogP contribution in [0.3, 0.4) is 0 Å². The average molecular weight is 414 g/mol. The number of para-hydroxylation sites is 1. The Kier molecular flexibility index (Phi) is 5.02. The molecule has 0 radical (unpaired) electrons. The standard InChI is InChI=1S/C25H22N2O4/c1-30-22-12-5-2-7-16(22)14-31-15-17(28)13-27-21-11-6-10-20-23(21)24(26-27)18-8-3-4-9-19(18)25(20)29/h2-12,17,28H,13-15H2,1H3/t17-/m0/s1. The molecule has 1 aliphatic carbocycles. The highest BCUT2D eigenvalue weighted by Crippen LogP contribution is 2.38. The van der Waals surface area contributed by atoms with Crippen molar-refractivity contribution in [3.63, 3.8) is 0 Å². The van der Waals surface area contributed by atoms with Crippen LogP contribution in [0.1, 0.15) is 21.5 Å². The van der Waals surface area contributed by atoms with Crippen LogP contribution in [0.15, 0.2) is 66.7 Å². The van der Waals surface area contributed by atoms with Gasteiger partial charge in [0, 0.05) is 27.6 Å². The van der Waals surface area contributed by atoms with E-state index in [4.69, 9.17) is 14.6 Å². The number of hydrogen-bond donors (Lipinski definition) is 1. The molecule has 6 nitrogen and oxygen atoms in total. The van der Waals surface area contributed by atoms with E-state index in [9.17, 15) is 9.90 Å². The van der Waals surface area contributed by atoms with Gasteiger partial charge in [-0.2, -0.15) is 5.10 Å². The Labute approximate surface area is 179 Å². The van der Waals surface area contributed by atoms with Crippen molar-refractivity contribution in [1.29, 1.82) is 0 Å². The lowest BCUT2D eigenvalue weighted by molar-refractivity contribution is 0.0188. The van der Waals surface area contributed by atoms with Crippen LogP contribution < -0.4 is 4.74 Å². The van der Waals surface area contributed by atoms with Crippen LogP contribution in [0.5, 0.6) is 5.75 Å². The normalized spacial score (nSPS) is 13.3. The van der Waals surface area contributed by atoms with Gasteiger partial charge in [-0.15, -0.1) is 0 Å². The fourth-order valence-electron chi connectivity index (χ4n) is 4.16. The third-order valence-electron chi connectivity index (χ3n) is 5.59. The van der Waals surface area contributed by atoms with Crippen molar-refractivity contribution in [2.45, 2.75) is 19.3 Å². The minimum Gasteiger partial charge on any atom is -0.496 e. The van der Waals surface area contributed by atoms with Crippen molar-refractivity contribution >= 4 is 16.7 Å². The Morgan fingerprint density at radius 1 is 0.968 bits per heavy atom. The molecule has 5 rings (SSSR count). The first-order valence-corrected chi connectivity index (χ1v) is 10.2. The number of rotatable bonds is 7. The third kappa shape index (κ3) is 3.40. The van der Waals surface area contributed by atoms with Crippen LogP contribution >= 0.6 is 0 Å². The van der Waals surface area contributed by atoms with Crippen LogP contribution in [-0.2, 0) is 17.9 Å². The maximum absolute atomic E-state index is 12.9. The highest BCUT2D eigenvalue weighted by molar-refractivity contribution is 6.25. The topological polar surface area (TPSA) is 73.6 Å². The van der Waals surface area contributed by atoms with Gasteiger partial charge in [-0.25, -0.2) is 0 Å². The van der Waals surface area contributed by atoms with E-state index in [-0.39, 0.29) is 18.9 Å². The number of fused-ring (bicyclic) bond motifs is 2. The van der Waals surface area contributed by atoms with Crippen molar-refractivity contribution in [2.24, 2.45) is 0 Å². The van der Waals surface area contributed by atoms with E-state index in [1.54, 1.807) is 11.8 Å². The van der Waals surface area contributed by atoms with E-state index in [1.807, 2.05) is 66.7 Å². The lowest BCUT2D eigenvalue weighted by Crippen LogP contribution is -2.22. The number of carbonyl (C=O) groups is 1. The molecule has 1 aromatic heterocycles. The molecule has 156 valence electrons. The van der Waals surface area contributed by atoms with E-state index in [1.165, 1.54) is 0 Å². The minimum atomic E-state index is -0.749. The van der Waals surface area contributed by atoms with Gasteiger partial charge >= 0.3 is 0 Å². The van der Waals surface area contributed by atoms with E-state index >= 15 is 0 Å². The summed E-state index contributed by atoms with van der Waals surface area (Å²) in [4.78, 5) is 12.9. The summed E-state index contributed by atoms with van der Waals surface area (Å²) in [6, 6.07) is 20.8. The summed E-state index contributed by atoms with van der Waals surface area (Å²) >= 11 is 0. The second-order valence-electron chi connectivity index (χ2n) is 7.59. The molecule has 0 spiro atoms. The van der Waals surface area contributed by atoms with Gasteiger partial charge in [0.15, 0.2) is 5.78 Å². The van der Waals surface area contributed by atoms with Crippen LogP contribution in [0.2, 0.25) is 0 Å². The van der Waals surface area contributed by atoms with Crippen molar-refractivity contribution in [2.75, 3.05) is 13.7 Å². The van der Waals surface area contributed by atoms with E-state index in [0.29, 0.717) is 17.7 Å². The summed E-state index contributed by atoms with van der Waals surface area (Å²) in [6.45, 7) is 0.768. The third-order valence-corrected chi connectivity index (χ3v) is 5.59. The number of ketones is 1. The number of hydrogen-bond acceptors (Lipinski definition) is 5. The first-order valence-electron chi connectivity index (χ1n) is 10.2. The van der Waals surface area contributed by atoms with Crippen LogP contribution in [0, 0.1) is 0 Å². The zero-order chi connectivity index (χ0) is 21.4. The molecule has 0 unspecified atom stereocenters. The minimum absolute atomic E-state index is 0.00828. The molecule has 1 heterocycles. The summed E-state index contributed by atoms with van der Waals surface area (Å²) in [5, 5.41) is 16.2. The van der Waals surface area contributed by atoms with E-state index in [0.717, 1.165) is 33.5 Å². The molecule has 0 bridgehead atoms. The summed E-state index contributed by atoms with van der Waals surface area (Å²) in [5.41, 5.74) is 4.68. The van der Waals surface area contributed by atoms with Crippen molar-refractivity contribution in [3.8, 4) is 17.0 Å². The van der Waals surface area contributed by atoms with E-state index in [2.05, 4.69) is 0 Å². The van der Waals surface area contributed by atoms with Gasteiger partial charge < -0.3 is 14.6 Å². The Bertz CT molecular complexity index is 1280. The Morgan fingerprint density at radius 2 is 1.71 bits per heavy atom. The zero-order valence-electron chi connectivity index (χ0n) is 17.1. The number of aromatic nitrogens is 2. The van der Waals surface area contributed by atoms with Crippen LogP contribution in [-0.4, -0.2) is 40.5 Å². The van der Waals surface area contributed by atoms with Crippen LogP contribution in [0.25, 0.3) is 22.2 Å². The number of carbonyl (C=O) groups excluding carboxylic acids is 1. The molecule has 0 aliphatic heterocycles. The zero-order valence-corrected chi connectivity index (χ0v) is 17.1. The number of methoxy groups -OCH3 is 1. The molecule has 31 heavy (non-hydrogen) atoms. The molecule has 0 fully saturated rings. The van der Waals surface area contributed by atoms with Gasteiger partial charge in [-0.1, -0.05) is 54.6 Å². The lowest BCUT2D eigenvalue weighted by Gasteiger charge is -2.14. The smallest absolute Gasteiger partial charge is 0.194 e. The molecule has 1 aliphatic rings. The second kappa shape index (κ2) is 7.98. The molecule has 6 heteroatoms. The van der Waals surface area contributed by atoms with Crippen molar-refractivity contribution < 1.29 is 19.4 Å². The largest absolute Gasteiger partial charge is 0.496 e. The lowest BCUT2D eigenvalue weighted by atomic mass is 9.87. The first kappa shape index (κ1) is 19.5. The molecular formula is C25H22N2O4. The van der Waals surface area contributed by atoms with Gasteiger partial charge in [0.2, 0.25) is 0 Å². The maximum atomic E-state index is 12.9. The molecule has 1 atom stereocenters. The second-order valence-corrected chi connectivity index (χ2v) is 7.59. The Hall–Kier alpha value is -3.48. The van der Waals surface area contributed by atoms with Gasteiger partial charge in [0.25, 0.3) is 0 Å². The first-order chi connectivity index (χ1) is 15.2. The highest BCUT2D eigenvalue weighted by Gasteiger charge is 2.28. The van der Waals surface area contributed by atoms with Gasteiger partial charge in [0.1, 0.15) is 11.4 Å². The van der Waals surface area contributed by atoms with Crippen molar-refractivity contribution in [3.05, 3.63) is 83.4 Å². The monoisotopic (exact) mass is 414 g/mol. The molecule has 0 saturated carbocycles. The molecule has 0 saturated heterocycles. The molecule has 3 aromatic carbocycles. The molecule has 4 aromatic rings. The number of benzene rings is 3. The summed E-state index contributed by atoms with van der Waals surface area (Å²) in [6.07, 6.45) is -0.749. The summed E-state index contributed by atoms with van der Waals surface area (Å²) < 4.78 is 12.8. The fraction of sp³-hybridized carbons (Fsp3) is 0.200. The summed E-state index contributed by atoms with van der Waals surface area (Å²) in [5.74, 6) is 0.767. The molecule has 1 N–H and O–H groups in total. The molecule has 0 amide bonds. The quantitative estimate of drug-likeness (QED) is 0.438. The predicted octanol–water partition coefficient (Wildman–Crippen LogP) is 3.83. The van der Waals surface area contributed by atoms with Gasteiger partial charge in [0.05, 0.1) is 38.5 Å². The van der Waals surface area contributed by atoms with Gasteiger partial charge in [-0.05, 0) is 12.1 Å². The molecular weight excluding hydrogens is 392 g/mol. The van der Waals surface area contributed by atoms with Gasteiger partial charge in [-0.3, -0.25) is 9.48 Å². The Morgan fingerprint density at radius 3 is 2.55 bits per heavy atom. The van der Waals surface area contributed by atoms with Crippen molar-refractivity contribution in [1.82, 2.24) is 9.78 Å². The number of aliphatic hydroxyl groups excluding tert-OH is 1.